The van der Waals surface area contributed by atoms with Crippen LogP contribution in [0.1, 0.15) is 29.8 Å². The Balaban J connectivity index is 2.07. The topological polar surface area (TPSA) is 30.0 Å². The normalized spacial score (nSPS) is 16.5. The Morgan fingerprint density at radius 1 is 1.21 bits per heavy atom. The number of carbonyl (C=O) groups is 1. The zero-order valence-corrected chi connectivity index (χ0v) is 12.5. The molecule has 0 fully saturated rings. The van der Waals surface area contributed by atoms with E-state index in [0.29, 0.717) is 0 Å². The molecule has 1 aromatic heterocycles. The van der Waals surface area contributed by atoms with Crippen molar-refractivity contribution in [2.45, 2.75) is 20.3 Å². The van der Waals surface area contributed by atoms with Gasteiger partial charge >= 0.3 is 0 Å². The highest BCUT2D eigenvalue weighted by Crippen LogP contribution is 2.37. The summed E-state index contributed by atoms with van der Waals surface area (Å²) in [5, 5.41) is 0. The summed E-state index contributed by atoms with van der Waals surface area (Å²) in [5.74, 6) is 0.237. The highest BCUT2D eigenvalue weighted by Gasteiger charge is 2.37. The van der Waals surface area contributed by atoms with Crippen molar-refractivity contribution in [1.82, 2.24) is 4.98 Å². The van der Waals surface area contributed by atoms with Gasteiger partial charge in [0, 0.05) is 27.2 Å². The van der Waals surface area contributed by atoms with Gasteiger partial charge in [0.15, 0.2) is 5.78 Å². The van der Waals surface area contributed by atoms with Crippen LogP contribution in [-0.4, -0.2) is 10.8 Å². The fraction of sp³-hybridized carbons (Fsp3) is 0.250. The fourth-order valence-electron chi connectivity index (χ4n) is 2.57. The maximum Gasteiger partial charge on any atom is 0.169 e. The molecule has 3 rings (SSSR count). The van der Waals surface area contributed by atoms with Crippen LogP contribution in [0, 0.1) is 5.41 Å². The van der Waals surface area contributed by atoms with Gasteiger partial charge in [-0.25, -0.2) is 0 Å². The molecule has 19 heavy (non-hydrogen) atoms. The van der Waals surface area contributed by atoms with Crippen molar-refractivity contribution in [2.75, 3.05) is 0 Å². The Bertz CT molecular complexity index is 659. The number of hydrogen-bond acceptors (Lipinski definition) is 2. The molecule has 0 saturated carbocycles. The minimum absolute atomic E-state index is 0.237. The number of rotatable bonds is 1. The van der Waals surface area contributed by atoms with Crippen LogP contribution in [0.5, 0.6) is 0 Å². The summed E-state index contributed by atoms with van der Waals surface area (Å²) in [6.07, 6.45) is 2.60. The van der Waals surface area contributed by atoms with Crippen molar-refractivity contribution in [3.05, 3.63) is 52.1 Å². The van der Waals surface area contributed by atoms with Gasteiger partial charge < -0.3 is 0 Å². The largest absolute Gasteiger partial charge is 0.294 e. The van der Waals surface area contributed by atoms with Gasteiger partial charge in [-0.15, -0.1) is 0 Å². The lowest BCUT2D eigenvalue weighted by atomic mass is 9.89. The molecule has 0 atom stereocenters. The predicted molar refractivity (Wildman–Crippen MR) is 79.2 cm³/mol. The molecule has 0 saturated heterocycles. The zero-order valence-electron chi connectivity index (χ0n) is 10.9. The second-order valence-electron chi connectivity index (χ2n) is 5.62. The maximum atomic E-state index is 12.3. The second kappa shape index (κ2) is 4.27. The van der Waals surface area contributed by atoms with E-state index in [1.54, 1.807) is 6.20 Å². The van der Waals surface area contributed by atoms with Gasteiger partial charge in [0.25, 0.3) is 0 Å². The molecule has 1 aliphatic rings. The van der Waals surface area contributed by atoms with Gasteiger partial charge in [0.1, 0.15) is 0 Å². The molecule has 1 aliphatic carbocycles. The highest BCUT2D eigenvalue weighted by molar-refractivity contribution is 9.10. The Morgan fingerprint density at radius 2 is 2.00 bits per heavy atom. The molecule has 0 bridgehead atoms. The second-order valence-corrected chi connectivity index (χ2v) is 6.54. The van der Waals surface area contributed by atoms with Crippen LogP contribution in [0.2, 0.25) is 0 Å². The third-order valence-corrected chi connectivity index (χ3v) is 4.09. The smallest absolute Gasteiger partial charge is 0.169 e. The summed E-state index contributed by atoms with van der Waals surface area (Å²) in [5.41, 5.74) is 3.62. The Hall–Kier alpha value is -1.48. The number of hydrogen-bond donors (Lipinski definition) is 0. The Labute approximate surface area is 121 Å². The summed E-state index contributed by atoms with van der Waals surface area (Å²) in [6.45, 7) is 4.01. The van der Waals surface area contributed by atoms with Crippen molar-refractivity contribution >= 4 is 21.7 Å². The first kappa shape index (κ1) is 12.5. The lowest BCUT2D eigenvalue weighted by Gasteiger charge is -2.13. The van der Waals surface area contributed by atoms with E-state index in [1.165, 1.54) is 0 Å². The first-order valence-electron chi connectivity index (χ1n) is 6.27. The summed E-state index contributed by atoms with van der Waals surface area (Å²) >= 11 is 3.38. The third-order valence-electron chi connectivity index (χ3n) is 3.62. The van der Waals surface area contributed by atoms with E-state index in [-0.39, 0.29) is 11.2 Å². The summed E-state index contributed by atoms with van der Waals surface area (Å²) in [7, 11) is 0. The van der Waals surface area contributed by atoms with Gasteiger partial charge in [0.05, 0.1) is 5.69 Å². The molecule has 0 spiro atoms. The van der Waals surface area contributed by atoms with Gasteiger partial charge in [-0.2, -0.15) is 0 Å². The molecular weight excluding hydrogens is 302 g/mol. The van der Waals surface area contributed by atoms with E-state index in [9.17, 15) is 4.79 Å². The maximum absolute atomic E-state index is 12.3. The van der Waals surface area contributed by atoms with Crippen LogP contribution in [0.3, 0.4) is 0 Å². The number of halogens is 1. The minimum atomic E-state index is -0.270. The van der Waals surface area contributed by atoms with Gasteiger partial charge in [-0.1, -0.05) is 26.0 Å². The molecule has 3 heteroatoms. The van der Waals surface area contributed by atoms with Crippen molar-refractivity contribution in [1.29, 1.82) is 0 Å². The van der Waals surface area contributed by atoms with E-state index in [4.69, 9.17) is 0 Å². The third kappa shape index (κ3) is 2.12. The standard InChI is InChI=1S/C16H14BrNO/c1-16(2)8-11-4-3-10(7-13(11)15(16)19)14-6-5-12(17)9-18-14/h3-7,9H,8H2,1-2H3. The van der Waals surface area contributed by atoms with Crippen molar-refractivity contribution in [3.8, 4) is 11.3 Å². The minimum Gasteiger partial charge on any atom is -0.294 e. The number of nitrogens with zero attached hydrogens (tertiary/aromatic N) is 1. The Kier molecular flexibility index (Phi) is 2.82. The van der Waals surface area contributed by atoms with Gasteiger partial charge in [-0.05, 0) is 46.1 Å². The van der Waals surface area contributed by atoms with Crippen molar-refractivity contribution < 1.29 is 4.79 Å². The van der Waals surface area contributed by atoms with Crippen LogP contribution >= 0.6 is 15.9 Å². The fourth-order valence-corrected chi connectivity index (χ4v) is 2.80. The number of pyridine rings is 1. The average molecular weight is 316 g/mol. The lowest BCUT2D eigenvalue weighted by Crippen LogP contribution is -2.18. The van der Waals surface area contributed by atoms with E-state index in [0.717, 1.165) is 33.3 Å². The molecule has 2 aromatic rings. The molecule has 1 aromatic carbocycles. The molecule has 0 aliphatic heterocycles. The molecule has 1 heterocycles. The van der Waals surface area contributed by atoms with Crippen LogP contribution in [-0.2, 0) is 6.42 Å². The van der Waals surface area contributed by atoms with Crippen molar-refractivity contribution in [2.24, 2.45) is 5.41 Å². The summed E-state index contributed by atoms with van der Waals surface area (Å²) in [6, 6.07) is 9.99. The van der Waals surface area contributed by atoms with Crippen molar-refractivity contribution in [3.63, 3.8) is 0 Å². The first-order valence-corrected chi connectivity index (χ1v) is 7.06. The van der Waals surface area contributed by atoms with Crippen LogP contribution in [0.15, 0.2) is 41.0 Å². The van der Waals surface area contributed by atoms with Crippen LogP contribution in [0.4, 0.5) is 0 Å². The lowest BCUT2D eigenvalue weighted by molar-refractivity contribution is 0.0863. The highest BCUT2D eigenvalue weighted by atomic mass is 79.9. The number of aromatic nitrogens is 1. The number of benzene rings is 1. The number of ketones is 1. The quantitative estimate of drug-likeness (QED) is 0.786. The zero-order chi connectivity index (χ0) is 13.6. The van der Waals surface area contributed by atoms with E-state index >= 15 is 0 Å². The van der Waals surface area contributed by atoms with E-state index < -0.39 is 0 Å². The van der Waals surface area contributed by atoms with Crippen LogP contribution < -0.4 is 0 Å². The predicted octanol–water partition coefficient (Wildman–Crippen LogP) is 4.28. The molecule has 0 unspecified atom stereocenters. The number of Topliss-reactive ketones (excluding diaryl/α,β-unsaturated/α-hetero) is 1. The molecule has 2 nitrogen and oxygen atoms in total. The molecule has 0 amide bonds. The number of fused-ring (bicyclic) bond motifs is 1. The molecule has 0 radical (unpaired) electrons. The van der Waals surface area contributed by atoms with E-state index in [1.807, 2.05) is 38.1 Å². The number of carbonyl (C=O) groups excluding carboxylic acids is 1. The van der Waals surface area contributed by atoms with Gasteiger partial charge in [-0.3, -0.25) is 9.78 Å². The molecule has 96 valence electrons. The van der Waals surface area contributed by atoms with Crippen LogP contribution in [0.25, 0.3) is 11.3 Å². The van der Waals surface area contributed by atoms with Gasteiger partial charge in [0.2, 0.25) is 0 Å². The SMILES string of the molecule is CC1(C)Cc2ccc(-c3ccc(Br)cn3)cc2C1=O. The monoisotopic (exact) mass is 315 g/mol. The Morgan fingerprint density at radius 3 is 2.68 bits per heavy atom. The first-order chi connectivity index (χ1) is 8.97. The molecule has 0 N–H and O–H groups in total. The molecular formula is C16H14BrNO. The van der Waals surface area contributed by atoms with E-state index in [2.05, 4.69) is 27.0 Å². The summed E-state index contributed by atoms with van der Waals surface area (Å²) < 4.78 is 0.953. The average Bonchev–Trinajstić information content (AvgIpc) is 2.61. The summed E-state index contributed by atoms with van der Waals surface area (Å²) in [4.78, 5) is 16.7.